The highest BCUT2D eigenvalue weighted by molar-refractivity contribution is 5.24. The molecule has 0 aliphatic heterocycles. The maximum atomic E-state index is 5.01. The quantitative estimate of drug-likeness (QED) is 0.460. The van der Waals surface area contributed by atoms with Gasteiger partial charge in [0, 0.05) is 0 Å². The molecule has 0 aromatic heterocycles. The molecule has 0 spiro atoms. The fraction of sp³-hybridized carbons (Fsp3) is 0.455. The molecule has 0 aromatic rings. The Morgan fingerprint density at radius 2 is 1.92 bits per heavy atom. The van der Waals surface area contributed by atoms with Crippen molar-refractivity contribution in [3.05, 3.63) is 36.1 Å². The van der Waals surface area contributed by atoms with Gasteiger partial charge in [0.2, 0.25) is 0 Å². The van der Waals surface area contributed by atoms with E-state index in [4.69, 9.17) is 4.74 Å². The van der Waals surface area contributed by atoms with Crippen molar-refractivity contribution >= 4 is 0 Å². The minimum Gasteiger partial charge on any atom is -0.501 e. The summed E-state index contributed by atoms with van der Waals surface area (Å²) in [7, 11) is 1.67. The Bertz CT molecular complexity index is 197. The van der Waals surface area contributed by atoms with Crippen molar-refractivity contribution in [1.82, 2.24) is 0 Å². The fourth-order valence-electron chi connectivity index (χ4n) is 0.778. The topological polar surface area (TPSA) is 9.23 Å². The second-order valence-electron chi connectivity index (χ2n) is 3.01. The first kappa shape index (κ1) is 11.0. The summed E-state index contributed by atoms with van der Waals surface area (Å²) < 4.78 is 5.01. The van der Waals surface area contributed by atoms with Gasteiger partial charge in [-0.2, -0.15) is 0 Å². The number of methoxy groups -OCH3 is 1. The van der Waals surface area contributed by atoms with Gasteiger partial charge in [0.05, 0.1) is 12.9 Å². The second-order valence-corrected chi connectivity index (χ2v) is 3.01. The lowest BCUT2D eigenvalue weighted by molar-refractivity contribution is 0.293. The summed E-state index contributed by atoms with van der Waals surface area (Å²) in [6, 6.07) is 0. The summed E-state index contributed by atoms with van der Waals surface area (Å²) >= 11 is 0. The van der Waals surface area contributed by atoms with Gasteiger partial charge >= 0.3 is 0 Å². The Morgan fingerprint density at radius 1 is 1.33 bits per heavy atom. The average Bonchev–Trinajstić information content (AvgIpc) is 2.04. The Kier molecular flexibility index (Phi) is 5.18. The third kappa shape index (κ3) is 4.02. The van der Waals surface area contributed by atoms with Crippen LogP contribution in [0.15, 0.2) is 36.1 Å². The van der Waals surface area contributed by atoms with Crippen LogP contribution in [-0.2, 0) is 4.74 Å². The van der Waals surface area contributed by atoms with Crippen molar-refractivity contribution in [1.29, 1.82) is 0 Å². The SMILES string of the molecule is C=C/C(=C\C=C(/C)OC)C(C)C. The van der Waals surface area contributed by atoms with Crippen LogP contribution in [0.25, 0.3) is 0 Å². The van der Waals surface area contributed by atoms with E-state index >= 15 is 0 Å². The van der Waals surface area contributed by atoms with E-state index in [1.165, 1.54) is 5.57 Å². The monoisotopic (exact) mass is 166 g/mol. The lowest BCUT2D eigenvalue weighted by atomic mass is 10.0. The van der Waals surface area contributed by atoms with Crippen LogP contribution in [-0.4, -0.2) is 7.11 Å². The van der Waals surface area contributed by atoms with Gasteiger partial charge in [0.15, 0.2) is 0 Å². The maximum absolute atomic E-state index is 5.01. The highest BCUT2D eigenvalue weighted by Crippen LogP contribution is 2.10. The van der Waals surface area contributed by atoms with Crippen LogP contribution in [0.5, 0.6) is 0 Å². The molecule has 0 aliphatic rings. The summed E-state index contributed by atoms with van der Waals surface area (Å²) in [4.78, 5) is 0. The summed E-state index contributed by atoms with van der Waals surface area (Å²) in [5, 5.41) is 0. The second kappa shape index (κ2) is 5.64. The minimum atomic E-state index is 0.517. The Balaban J connectivity index is 4.40. The maximum Gasteiger partial charge on any atom is 0.0924 e. The average molecular weight is 166 g/mol. The predicted octanol–water partition coefficient (Wildman–Crippen LogP) is 3.31. The first-order chi connectivity index (χ1) is 5.61. The first-order valence-corrected chi connectivity index (χ1v) is 4.16. The van der Waals surface area contributed by atoms with Crippen molar-refractivity contribution in [3.63, 3.8) is 0 Å². The number of ether oxygens (including phenoxy) is 1. The van der Waals surface area contributed by atoms with E-state index in [0.717, 1.165) is 5.76 Å². The lowest BCUT2D eigenvalue weighted by Gasteiger charge is -2.04. The fourth-order valence-corrected chi connectivity index (χ4v) is 0.778. The summed E-state index contributed by atoms with van der Waals surface area (Å²) in [6.07, 6.45) is 5.87. The van der Waals surface area contributed by atoms with E-state index < -0.39 is 0 Å². The van der Waals surface area contributed by atoms with E-state index in [9.17, 15) is 0 Å². The largest absolute Gasteiger partial charge is 0.501 e. The molecule has 0 rings (SSSR count). The van der Waals surface area contributed by atoms with Crippen molar-refractivity contribution in [2.24, 2.45) is 5.92 Å². The number of allylic oxidation sites excluding steroid dienone is 5. The predicted molar refractivity (Wildman–Crippen MR) is 53.9 cm³/mol. The van der Waals surface area contributed by atoms with Crippen LogP contribution < -0.4 is 0 Å². The molecule has 0 heterocycles. The molecule has 0 saturated heterocycles. The molecular formula is C11H18O. The molecule has 0 saturated carbocycles. The van der Waals surface area contributed by atoms with Crippen LogP contribution >= 0.6 is 0 Å². The normalized spacial score (nSPS) is 13.4. The standard InChI is InChI=1S/C11H18O/c1-6-11(9(2)3)8-7-10(4)12-5/h6-9H,1H2,2-5H3/b10-7+,11-8+. The van der Waals surface area contributed by atoms with E-state index in [1.807, 2.05) is 25.2 Å². The van der Waals surface area contributed by atoms with E-state index in [0.29, 0.717) is 5.92 Å². The number of hydrogen-bond acceptors (Lipinski definition) is 1. The summed E-state index contributed by atoms with van der Waals surface area (Å²) in [6.45, 7) is 9.96. The number of rotatable bonds is 4. The van der Waals surface area contributed by atoms with Gasteiger partial charge in [-0.3, -0.25) is 0 Å². The van der Waals surface area contributed by atoms with E-state index in [2.05, 4.69) is 20.4 Å². The molecule has 0 aromatic carbocycles. The van der Waals surface area contributed by atoms with Gasteiger partial charge in [-0.25, -0.2) is 0 Å². The molecular weight excluding hydrogens is 148 g/mol. The first-order valence-electron chi connectivity index (χ1n) is 4.16. The van der Waals surface area contributed by atoms with E-state index in [-0.39, 0.29) is 0 Å². The van der Waals surface area contributed by atoms with Gasteiger partial charge in [-0.15, -0.1) is 0 Å². The zero-order valence-corrected chi connectivity index (χ0v) is 8.42. The third-order valence-corrected chi connectivity index (χ3v) is 1.73. The van der Waals surface area contributed by atoms with Crippen molar-refractivity contribution in [3.8, 4) is 0 Å². The molecule has 0 bridgehead atoms. The smallest absolute Gasteiger partial charge is 0.0924 e. The molecule has 0 fully saturated rings. The molecule has 0 amide bonds. The molecule has 0 radical (unpaired) electrons. The highest BCUT2D eigenvalue weighted by atomic mass is 16.5. The highest BCUT2D eigenvalue weighted by Gasteiger charge is 1.95. The zero-order valence-electron chi connectivity index (χ0n) is 8.42. The van der Waals surface area contributed by atoms with Crippen LogP contribution in [0.1, 0.15) is 20.8 Å². The van der Waals surface area contributed by atoms with Crippen molar-refractivity contribution < 1.29 is 4.74 Å². The van der Waals surface area contributed by atoms with Gasteiger partial charge in [-0.05, 0) is 24.5 Å². The number of hydrogen-bond donors (Lipinski definition) is 0. The zero-order chi connectivity index (χ0) is 9.56. The molecule has 68 valence electrons. The van der Waals surface area contributed by atoms with Crippen LogP contribution in [0.4, 0.5) is 0 Å². The molecule has 0 aliphatic carbocycles. The van der Waals surface area contributed by atoms with Crippen LogP contribution in [0.2, 0.25) is 0 Å². The Labute approximate surface area is 75.4 Å². The molecule has 0 atom stereocenters. The molecule has 1 nitrogen and oxygen atoms in total. The van der Waals surface area contributed by atoms with Gasteiger partial charge in [0.25, 0.3) is 0 Å². The van der Waals surface area contributed by atoms with Crippen LogP contribution in [0.3, 0.4) is 0 Å². The molecule has 1 heteroatoms. The molecule has 0 N–H and O–H groups in total. The molecule has 0 unspecified atom stereocenters. The van der Waals surface area contributed by atoms with Crippen molar-refractivity contribution in [2.75, 3.05) is 7.11 Å². The third-order valence-electron chi connectivity index (χ3n) is 1.73. The summed E-state index contributed by atoms with van der Waals surface area (Å²) in [5.41, 5.74) is 1.23. The van der Waals surface area contributed by atoms with Gasteiger partial charge in [0.1, 0.15) is 0 Å². The summed E-state index contributed by atoms with van der Waals surface area (Å²) in [5.74, 6) is 1.43. The Hall–Kier alpha value is -0.980. The van der Waals surface area contributed by atoms with Gasteiger partial charge in [-0.1, -0.05) is 32.6 Å². The lowest BCUT2D eigenvalue weighted by Crippen LogP contribution is -1.89. The van der Waals surface area contributed by atoms with Crippen LogP contribution in [0, 0.1) is 5.92 Å². The minimum absolute atomic E-state index is 0.517. The van der Waals surface area contributed by atoms with Crippen molar-refractivity contribution in [2.45, 2.75) is 20.8 Å². The molecule has 12 heavy (non-hydrogen) atoms. The van der Waals surface area contributed by atoms with E-state index in [1.54, 1.807) is 7.11 Å². The Morgan fingerprint density at radius 3 is 2.25 bits per heavy atom. The van der Waals surface area contributed by atoms with Gasteiger partial charge < -0.3 is 4.74 Å².